The highest BCUT2D eigenvalue weighted by Crippen LogP contribution is 2.26. The molecule has 2 amide bonds. The third kappa shape index (κ3) is 6.62. The van der Waals surface area contributed by atoms with E-state index in [1.165, 1.54) is 18.3 Å². The summed E-state index contributed by atoms with van der Waals surface area (Å²) in [6.45, 7) is 5.17. The van der Waals surface area contributed by atoms with Gasteiger partial charge in [-0.05, 0) is 25.3 Å². The molecule has 1 saturated heterocycles. The predicted molar refractivity (Wildman–Crippen MR) is 113 cm³/mol. The van der Waals surface area contributed by atoms with Crippen LogP contribution in [0.1, 0.15) is 44.7 Å². The van der Waals surface area contributed by atoms with Crippen LogP contribution in [0.2, 0.25) is 0 Å². The average Bonchev–Trinajstić information content (AvgIpc) is 3.37. The molecule has 3 rings (SSSR count). The van der Waals surface area contributed by atoms with Crippen LogP contribution in [-0.2, 0) is 19.1 Å². The Kier molecular flexibility index (Phi) is 7.74. The zero-order valence-corrected chi connectivity index (χ0v) is 17.6. The van der Waals surface area contributed by atoms with Crippen LogP contribution in [0.5, 0.6) is 0 Å². The van der Waals surface area contributed by atoms with Gasteiger partial charge in [0.2, 0.25) is 11.8 Å². The van der Waals surface area contributed by atoms with Gasteiger partial charge in [0.05, 0.1) is 37.5 Å². The summed E-state index contributed by atoms with van der Waals surface area (Å²) >= 11 is 1.39. The molecule has 7 nitrogen and oxygen atoms in total. The summed E-state index contributed by atoms with van der Waals surface area (Å²) < 4.78 is 11.0. The fourth-order valence-corrected chi connectivity index (χ4v) is 3.87. The van der Waals surface area contributed by atoms with Crippen LogP contribution in [0, 0.1) is 0 Å². The van der Waals surface area contributed by atoms with Crippen LogP contribution in [0.3, 0.4) is 0 Å². The molecule has 2 atom stereocenters. The van der Waals surface area contributed by atoms with Gasteiger partial charge in [-0.2, -0.15) is 0 Å². The van der Waals surface area contributed by atoms with Crippen LogP contribution < -0.4 is 10.6 Å². The van der Waals surface area contributed by atoms with E-state index in [1.54, 1.807) is 0 Å². The number of nitrogens with one attached hydrogen (secondary N) is 2. The van der Waals surface area contributed by atoms with Crippen molar-refractivity contribution in [1.82, 2.24) is 10.3 Å². The van der Waals surface area contributed by atoms with Crippen molar-refractivity contribution in [2.75, 3.05) is 25.1 Å². The van der Waals surface area contributed by atoms with Crippen molar-refractivity contribution in [2.45, 2.75) is 45.3 Å². The molecule has 0 saturated carbocycles. The van der Waals surface area contributed by atoms with Gasteiger partial charge in [-0.15, -0.1) is 11.3 Å². The first-order chi connectivity index (χ1) is 14.0. The number of benzene rings is 1. The Morgan fingerprint density at radius 2 is 2.14 bits per heavy atom. The maximum absolute atomic E-state index is 12.1. The smallest absolute Gasteiger partial charge is 0.228 e. The summed E-state index contributed by atoms with van der Waals surface area (Å²) in [7, 11) is 0. The highest BCUT2D eigenvalue weighted by Gasteiger charge is 2.15. The molecule has 2 unspecified atom stereocenters. The Bertz CT molecular complexity index is 816. The number of carbonyl (C=O) groups excluding carboxylic acids is 2. The molecule has 8 heteroatoms. The topological polar surface area (TPSA) is 89.6 Å². The Labute approximate surface area is 174 Å². The first kappa shape index (κ1) is 21.4. The molecule has 0 radical (unpaired) electrons. The molecule has 0 bridgehead atoms. The Hall–Kier alpha value is -2.29. The molecular formula is C21H27N3O4S. The van der Waals surface area contributed by atoms with Gasteiger partial charge in [0.25, 0.3) is 0 Å². The summed E-state index contributed by atoms with van der Waals surface area (Å²) in [4.78, 5) is 27.7. The highest BCUT2D eigenvalue weighted by atomic mass is 32.1. The van der Waals surface area contributed by atoms with Crippen LogP contribution in [-0.4, -0.2) is 42.7 Å². The third-order valence-corrected chi connectivity index (χ3v) is 5.44. The largest absolute Gasteiger partial charge is 0.378 e. The molecule has 1 aliphatic rings. The zero-order valence-electron chi connectivity index (χ0n) is 16.8. The van der Waals surface area contributed by atoms with E-state index in [0.717, 1.165) is 36.3 Å². The lowest BCUT2D eigenvalue weighted by molar-refractivity contribution is -0.119. The summed E-state index contributed by atoms with van der Waals surface area (Å²) in [5.74, 6) is -0.170. The minimum atomic E-state index is -0.113. The van der Waals surface area contributed by atoms with Crippen molar-refractivity contribution in [3.63, 3.8) is 0 Å². The fraction of sp³-hybridized carbons (Fsp3) is 0.476. The van der Waals surface area contributed by atoms with Crippen molar-refractivity contribution in [3.05, 3.63) is 35.2 Å². The number of carbonyl (C=O) groups is 2. The minimum Gasteiger partial charge on any atom is -0.378 e. The second-order valence-corrected chi connectivity index (χ2v) is 7.95. The van der Waals surface area contributed by atoms with E-state index in [-0.39, 0.29) is 30.4 Å². The van der Waals surface area contributed by atoms with E-state index in [0.29, 0.717) is 18.3 Å². The van der Waals surface area contributed by atoms with E-state index < -0.39 is 0 Å². The summed E-state index contributed by atoms with van der Waals surface area (Å²) in [6, 6.07) is 7.83. The number of thiazole rings is 1. The monoisotopic (exact) mass is 417 g/mol. The first-order valence-corrected chi connectivity index (χ1v) is 10.7. The molecule has 2 aromatic rings. The number of nitrogens with zero attached hydrogens (tertiary/aromatic N) is 1. The van der Waals surface area contributed by atoms with E-state index in [9.17, 15) is 9.59 Å². The number of aromatic nitrogens is 1. The molecule has 1 aromatic heterocycles. The molecular weight excluding hydrogens is 390 g/mol. The molecule has 0 aliphatic carbocycles. The lowest BCUT2D eigenvalue weighted by Crippen LogP contribution is -2.23. The van der Waals surface area contributed by atoms with Crippen LogP contribution >= 0.6 is 11.3 Å². The Morgan fingerprint density at radius 3 is 2.83 bits per heavy atom. The van der Waals surface area contributed by atoms with Crippen LogP contribution in [0.25, 0.3) is 11.3 Å². The van der Waals surface area contributed by atoms with Gasteiger partial charge in [0.1, 0.15) is 0 Å². The predicted octanol–water partition coefficient (Wildman–Crippen LogP) is 3.53. The van der Waals surface area contributed by atoms with E-state index >= 15 is 0 Å². The fourth-order valence-electron chi connectivity index (χ4n) is 3.13. The number of amides is 2. The number of hydrogen-bond acceptors (Lipinski definition) is 6. The number of ether oxygens (including phenoxy) is 2. The highest BCUT2D eigenvalue weighted by molar-refractivity contribution is 7.14. The molecule has 1 fully saturated rings. The average molecular weight is 418 g/mol. The van der Waals surface area contributed by atoms with Gasteiger partial charge >= 0.3 is 0 Å². The molecule has 1 aromatic carbocycles. The van der Waals surface area contributed by atoms with Gasteiger partial charge in [-0.3, -0.25) is 9.59 Å². The van der Waals surface area contributed by atoms with Gasteiger partial charge in [-0.1, -0.05) is 24.3 Å². The van der Waals surface area contributed by atoms with Crippen LogP contribution in [0.15, 0.2) is 29.6 Å². The molecule has 2 heterocycles. The maximum atomic E-state index is 12.1. The zero-order chi connectivity index (χ0) is 20.6. The third-order valence-electron chi connectivity index (χ3n) is 4.68. The van der Waals surface area contributed by atoms with Gasteiger partial charge in [0.15, 0.2) is 5.13 Å². The Morgan fingerprint density at radius 1 is 1.34 bits per heavy atom. The lowest BCUT2D eigenvalue weighted by atomic mass is 10.1. The van der Waals surface area contributed by atoms with Crippen molar-refractivity contribution in [3.8, 4) is 11.3 Å². The van der Waals surface area contributed by atoms with Gasteiger partial charge in [-0.25, -0.2) is 4.98 Å². The quantitative estimate of drug-likeness (QED) is 0.609. The molecule has 156 valence electrons. The first-order valence-electron chi connectivity index (χ1n) is 9.83. The maximum Gasteiger partial charge on any atom is 0.228 e. The lowest BCUT2D eigenvalue weighted by Gasteiger charge is -2.13. The van der Waals surface area contributed by atoms with Crippen molar-refractivity contribution in [2.24, 2.45) is 0 Å². The van der Waals surface area contributed by atoms with Crippen LogP contribution in [0.4, 0.5) is 5.13 Å². The summed E-state index contributed by atoms with van der Waals surface area (Å²) in [5.41, 5.74) is 2.79. The van der Waals surface area contributed by atoms with Gasteiger partial charge < -0.3 is 20.1 Å². The minimum absolute atomic E-state index is 0.0470. The SMILES string of the molecule is CC(=O)NC(C)c1ccc(-c2csc(NC(=O)CCOCC3CCCO3)n2)cc1. The van der Waals surface area contributed by atoms with Crippen molar-refractivity contribution >= 4 is 28.3 Å². The number of rotatable bonds is 9. The Balaban J connectivity index is 1.45. The summed E-state index contributed by atoms with van der Waals surface area (Å²) in [6.07, 6.45) is 2.57. The molecule has 0 spiro atoms. The summed E-state index contributed by atoms with van der Waals surface area (Å²) in [5, 5.41) is 8.17. The number of anilines is 1. The van der Waals surface area contributed by atoms with E-state index in [1.807, 2.05) is 36.6 Å². The standard InChI is InChI=1S/C21H27N3O4S/c1-14(22-15(2)25)16-5-7-17(8-6-16)19-13-29-21(23-19)24-20(26)9-11-27-12-18-4-3-10-28-18/h5-8,13-14,18H,3-4,9-12H2,1-2H3,(H,22,25)(H,23,24,26). The number of hydrogen-bond donors (Lipinski definition) is 2. The molecule has 29 heavy (non-hydrogen) atoms. The molecule has 1 aliphatic heterocycles. The van der Waals surface area contributed by atoms with E-state index in [4.69, 9.17) is 9.47 Å². The molecule has 2 N–H and O–H groups in total. The van der Waals surface area contributed by atoms with Gasteiger partial charge in [0, 0.05) is 24.5 Å². The van der Waals surface area contributed by atoms with Crippen molar-refractivity contribution in [1.29, 1.82) is 0 Å². The second-order valence-electron chi connectivity index (χ2n) is 7.09. The second kappa shape index (κ2) is 10.5. The normalized spacial score (nSPS) is 17.1. The van der Waals surface area contributed by atoms with Crippen molar-refractivity contribution < 1.29 is 19.1 Å². The van der Waals surface area contributed by atoms with E-state index in [2.05, 4.69) is 15.6 Å².